The van der Waals surface area contributed by atoms with Crippen LogP contribution in [0, 0.1) is 0 Å². The molecule has 0 N–H and O–H groups in total. The Bertz CT molecular complexity index is 1990. The van der Waals surface area contributed by atoms with Crippen LogP contribution in [-0.4, -0.2) is 66.3 Å². The maximum absolute atomic E-state index is 12.7. The first-order valence-electron chi connectivity index (χ1n) is 15.3. The summed E-state index contributed by atoms with van der Waals surface area (Å²) in [5.74, 6) is -0.819. The molecule has 0 atom stereocenters. The van der Waals surface area contributed by atoms with Crippen molar-refractivity contribution in [3.8, 4) is 11.5 Å². The summed E-state index contributed by atoms with van der Waals surface area (Å²) < 4.78 is 80.4. The second-order valence-electron chi connectivity index (χ2n) is 9.89. The van der Waals surface area contributed by atoms with Crippen LogP contribution in [0.3, 0.4) is 0 Å². The summed E-state index contributed by atoms with van der Waals surface area (Å²) in [5, 5.41) is 6.57. The summed E-state index contributed by atoms with van der Waals surface area (Å²) in [5.41, 5.74) is 0. The molecule has 0 aromatic heterocycles. The van der Waals surface area contributed by atoms with E-state index in [-0.39, 0.29) is 33.1 Å². The van der Waals surface area contributed by atoms with E-state index in [2.05, 4.69) is 10.3 Å². The zero-order valence-electron chi connectivity index (χ0n) is 28.5. The van der Waals surface area contributed by atoms with Crippen LogP contribution >= 0.6 is 35.3 Å². The molecule has 0 radical (unpaired) electrons. The van der Waals surface area contributed by atoms with Crippen LogP contribution in [0.5, 0.6) is 11.5 Å². The molecule has 0 heterocycles. The summed E-state index contributed by atoms with van der Waals surface area (Å²) in [4.78, 5) is 27.6. The molecular weight excluding hydrogens is 789 g/mol. The van der Waals surface area contributed by atoms with E-state index in [1.54, 1.807) is 62.4 Å². The molecule has 0 spiro atoms. The van der Waals surface area contributed by atoms with Crippen LogP contribution in [0.2, 0.25) is 0 Å². The third-order valence-electron chi connectivity index (χ3n) is 6.35. The summed E-state index contributed by atoms with van der Waals surface area (Å²) in [6, 6.07) is 25.0. The molecule has 280 valence electrons. The Balaban J connectivity index is 1.42. The molecular formula is C34H32N2O12S5. The topological polar surface area (TPSA) is 183 Å². The van der Waals surface area contributed by atoms with Gasteiger partial charge >= 0.3 is 32.2 Å². The number of esters is 2. The third kappa shape index (κ3) is 12.2. The molecule has 19 heteroatoms. The number of oxime groups is 2. The number of ether oxygens (including phenoxy) is 4. The van der Waals surface area contributed by atoms with E-state index in [1.165, 1.54) is 74.5 Å². The van der Waals surface area contributed by atoms with E-state index in [4.69, 9.17) is 27.5 Å². The first-order valence-corrected chi connectivity index (χ1v) is 20.5. The molecule has 4 aromatic carbocycles. The van der Waals surface area contributed by atoms with Crippen LogP contribution in [0.1, 0.15) is 13.8 Å². The third-order valence-corrected chi connectivity index (χ3v) is 11.5. The lowest BCUT2D eigenvalue weighted by atomic mass is 10.3. The number of benzene rings is 4. The van der Waals surface area contributed by atoms with Gasteiger partial charge in [-0.3, -0.25) is 8.57 Å². The summed E-state index contributed by atoms with van der Waals surface area (Å²) in [7, 11) is -5.77. The number of hydrogen-bond acceptors (Lipinski definition) is 17. The Hall–Kier alpha value is -4.69. The quantitative estimate of drug-likeness (QED) is 0.0436. The lowest BCUT2D eigenvalue weighted by Gasteiger charge is -2.08. The molecule has 0 fully saturated rings. The molecule has 4 aromatic rings. The number of methoxy groups -OCH3 is 2. The van der Waals surface area contributed by atoms with Crippen molar-refractivity contribution in [2.75, 3.05) is 27.4 Å². The maximum atomic E-state index is 12.7. The Morgan fingerprint density at radius 1 is 0.528 bits per heavy atom. The molecule has 0 amide bonds. The number of thioether (sulfide) groups is 2. The number of rotatable bonds is 14. The van der Waals surface area contributed by atoms with E-state index in [9.17, 15) is 26.4 Å². The van der Waals surface area contributed by atoms with Crippen molar-refractivity contribution >= 4 is 77.5 Å². The molecule has 0 aliphatic carbocycles. The Morgan fingerprint density at radius 3 is 1.15 bits per heavy atom. The summed E-state index contributed by atoms with van der Waals surface area (Å²) in [6.45, 7) is 3.28. The lowest BCUT2D eigenvalue weighted by molar-refractivity contribution is -0.135. The highest BCUT2D eigenvalue weighted by atomic mass is 32.2. The highest BCUT2D eigenvalue weighted by molar-refractivity contribution is 8.16. The van der Waals surface area contributed by atoms with E-state index in [0.29, 0.717) is 21.3 Å². The van der Waals surface area contributed by atoms with Gasteiger partial charge in [-0.15, -0.1) is 0 Å². The van der Waals surface area contributed by atoms with Gasteiger partial charge < -0.3 is 18.9 Å². The molecule has 4 rings (SSSR count). The van der Waals surface area contributed by atoms with Gasteiger partial charge in [-0.2, -0.15) is 16.8 Å². The van der Waals surface area contributed by atoms with Gasteiger partial charge in [-0.1, -0.05) is 45.6 Å². The van der Waals surface area contributed by atoms with Gasteiger partial charge in [-0.05, 0) is 111 Å². The number of hydrogen-bond donors (Lipinski definition) is 0. The molecule has 0 aliphatic rings. The standard InChI is InChI=1S/C34H32N2O12S5/c1-5-45-33(37)31(35-47-52(39,40)29-19-7-23(43-3)8-20-29)50-27-15-11-25(12-16-27)49-26-13-17-28(18-14-26)51-32(34(38)46-6-2)36-48-53(41,42)30-21-9-24(44-4)10-22-30/h7-22H,5-6H2,1-4H3/b35-31-,36-32-. The average molecular weight is 821 g/mol. The second-order valence-corrected chi connectivity index (χ2v) is 16.2. The van der Waals surface area contributed by atoms with Crippen LogP contribution in [-0.2, 0) is 47.9 Å². The Labute approximate surface area is 319 Å². The minimum atomic E-state index is -4.33. The van der Waals surface area contributed by atoms with Crippen molar-refractivity contribution in [3.63, 3.8) is 0 Å². The van der Waals surface area contributed by atoms with Crippen LogP contribution in [0.25, 0.3) is 0 Å². The zero-order chi connectivity index (χ0) is 38.4. The normalized spacial score (nSPS) is 12.1. The van der Waals surface area contributed by atoms with Crippen molar-refractivity contribution in [2.24, 2.45) is 10.3 Å². The van der Waals surface area contributed by atoms with Gasteiger partial charge in [0.2, 0.25) is 10.1 Å². The molecule has 0 saturated carbocycles. The SMILES string of the molecule is CCOC(=O)/C(=N/OS(=O)(=O)c1ccc(OC)cc1)Sc1ccc(Sc2ccc(S/C(=N\OS(=O)(=O)c3ccc(OC)cc3)C(=O)OCC)cc2)cc1. The van der Waals surface area contributed by atoms with Gasteiger partial charge in [0.25, 0.3) is 0 Å². The molecule has 0 bridgehead atoms. The summed E-state index contributed by atoms with van der Waals surface area (Å²) in [6.07, 6.45) is 0. The minimum Gasteiger partial charge on any atom is -0.497 e. The first-order chi connectivity index (χ1) is 25.4. The molecule has 0 aliphatic heterocycles. The van der Waals surface area contributed by atoms with Crippen molar-refractivity contribution in [2.45, 2.75) is 43.2 Å². The van der Waals surface area contributed by atoms with Crippen LogP contribution < -0.4 is 9.47 Å². The van der Waals surface area contributed by atoms with Gasteiger partial charge in [0.1, 0.15) is 21.3 Å². The lowest BCUT2D eigenvalue weighted by Crippen LogP contribution is -2.16. The Kier molecular flexibility index (Phi) is 15.0. The van der Waals surface area contributed by atoms with Crippen LogP contribution in [0.15, 0.2) is 137 Å². The van der Waals surface area contributed by atoms with E-state index >= 15 is 0 Å². The molecule has 14 nitrogen and oxygen atoms in total. The minimum absolute atomic E-state index is 0.0354. The fourth-order valence-electron chi connectivity index (χ4n) is 3.83. The van der Waals surface area contributed by atoms with Gasteiger partial charge in [0.05, 0.1) is 27.4 Å². The monoisotopic (exact) mass is 820 g/mol. The van der Waals surface area contributed by atoms with E-state index in [1.807, 2.05) is 0 Å². The van der Waals surface area contributed by atoms with Gasteiger partial charge in [0.15, 0.2) is 0 Å². The van der Waals surface area contributed by atoms with Gasteiger partial charge in [0, 0.05) is 19.6 Å². The predicted molar refractivity (Wildman–Crippen MR) is 199 cm³/mol. The smallest absolute Gasteiger partial charge is 0.367 e. The first kappa shape index (κ1) is 41.1. The highest BCUT2D eigenvalue weighted by Gasteiger charge is 2.23. The molecule has 53 heavy (non-hydrogen) atoms. The predicted octanol–water partition coefficient (Wildman–Crippen LogP) is 6.60. The zero-order valence-corrected chi connectivity index (χ0v) is 32.6. The Morgan fingerprint density at radius 2 is 0.849 bits per heavy atom. The number of nitrogens with zero attached hydrogens (tertiary/aromatic N) is 2. The van der Waals surface area contributed by atoms with E-state index in [0.717, 1.165) is 33.3 Å². The fraction of sp³-hybridized carbons (Fsp3) is 0.176. The van der Waals surface area contributed by atoms with E-state index < -0.39 is 32.2 Å². The van der Waals surface area contributed by atoms with Crippen molar-refractivity contribution < 1.29 is 53.9 Å². The fourth-order valence-corrected chi connectivity index (χ4v) is 7.62. The maximum Gasteiger partial charge on any atom is 0.367 e. The highest BCUT2D eigenvalue weighted by Crippen LogP contribution is 2.32. The molecule has 0 unspecified atom stereocenters. The number of carbonyl (C=O) groups excluding carboxylic acids is 2. The molecule has 0 saturated heterocycles. The largest absolute Gasteiger partial charge is 0.497 e. The number of carbonyl (C=O) groups is 2. The van der Waals surface area contributed by atoms with Crippen molar-refractivity contribution in [3.05, 3.63) is 97.1 Å². The second kappa shape index (κ2) is 19.4. The van der Waals surface area contributed by atoms with Crippen molar-refractivity contribution in [1.82, 2.24) is 0 Å². The van der Waals surface area contributed by atoms with Gasteiger partial charge in [-0.25, -0.2) is 9.59 Å². The average Bonchev–Trinajstić information content (AvgIpc) is 3.16. The summed E-state index contributed by atoms with van der Waals surface area (Å²) >= 11 is 3.14. The van der Waals surface area contributed by atoms with Crippen molar-refractivity contribution in [1.29, 1.82) is 0 Å². The van der Waals surface area contributed by atoms with Crippen LogP contribution in [0.4, 0.5) is 0 Å².